The molecule has 2 N–H and O–H groups in total. The minimum atomic E-state index is -0.483. The molecule has 1 amide bonds. The molecule has 0 bridgehead atoms. The third-order valence-electron chi connectivity index (χ3n) is 3.07. The van der Waals surface area contributed by atoms with E-state index in [9.17, 15) is 9.90 Å². The fourth-order valence-corrected chi connectivity index (χ4v) is 2.80. The Kier molecular flexibility index (Phi) is 7.13. The van der Waals surface area contributed by atoms with Crippen LogP contribution in [0, 0.1) is 5.92 Å². The lowest BCUT2D eigenvalue weighted by atomic mass is 9.96. The normalized spacial score (nSPS) is 13.1. The predicted molar refractivity (Wildman–Crippen MR) is 81.5 cm³/mol. The Balaban J connectivity index is 2.37. The van der Waals surface area contributed by atoms with Crippen LogP contribution >= 0.6 is 22.9 Å². The van der Waals surface area contributed by atoms with Crippen LogP contribution < -0.4 is 5.32 Å². The molecular formula is C14H20ClNO2S. The first kappa shape index (κ1) is 16.2. The van der Waals surface area contributed by atoms with E-state index in [0.29, 0.717) is 10.9 Å². The second-order valence-corrected chi connectivity index (χ2v) is 6.11. The summed E-state index contributed by atoms with van der Waals surface area (Å²) in [5.74, 6) is 0.0370. The first-order valence-electron chi connectivity index (χ1n) is 6.46. The van der Waals surface area contributed by atoms with Gasteiger partial charge < -0.3 is 10.4 Å². The first-order chi connectivity index (χ1) is 9.06. The third kappa shape index (κ3) is 5.76. The quantitative estimate of drug-likeness (QED) is 0.759. The fraction of sp³-hybridized carbons (Fsp3) is 0.500. The number of halogens is 1. The van der Waals surface area contributed by atoms with Crippen LogP contribution in [0.2, 0.25) is 4.34 Å². The molecule has 0 radical (unpaired) electrons. The van der Waals surface area contributed by atoms with Gasteiger partial charge in [0.2, 0.25) is 5.91 Å². The standard InChI is InChI=1S/C14H20ClNO2S/c1-3-10(4-2)12(17)9-16-14(18)8-6-11-5-7-13(15)19-11/h5-8,10,12,17H,3-4,9H2,1-2H3,(H,16,18)/b8-6+. The molecule has 5 heteroatoms. The molecule has 1 unspecified atom stereocenters. The summed E-state index contributed by atoms with van der Waals surface area (Å²) in [4.78, 5) is 12.5. The molecule has 1 aromatic rings. The number of amides is 1. The molecular weight excluding hydrogens is 282 g/mol. The molecule has 1 rings (SSSR count). The zero-order chi connectivity index (χ0) is 14.3. The number of hydrogen-bond acceptors (Lipinski definition) is 3. The van der Waals surface area contributed by atoms with Crippen molar-refractivity contribution in [2.75, 3.05) is 6.54 Å². The van der Waals surface area contributed by atoms with Crippen molar-refractivity contribution in [2.24, 2.45) is 5.92 Å². The molecule has 0 aliphatic heterocycles. The summed E-state index contributed by atoms with van der Waals surface area (Å²) in [7, 11) is 0. The van der Waals surface area contributed by atoms with Crippen molar-refractivity contribution in [3.05, 3.63) is 27.4 Å². The van der Waals surface area contributed by atoms with Crippen molar-refractivity contribution in [1.29, 1.82) is 0 Å². The lowest BCUT2D eigenvalue weighted by Gasteiger charge is -2.19. The number of aliphatic hydroxyl groups is 1. The topological polar surface area (TPSA) is 49.3 Å². The number of carbonyl (C=O) groups is 1. The van der Waals surface area contributed by atoms with E-state index in [1.54, 1.807) is 12.1 Å². The van der Waals surface area contributed by atoms with Gasteiger partial charge in [-0.25, -0.2) is 0 Å². The van der Waals surface area contributed by atoms with E-state index in [2.05, 4.69) is 5.32 Å². The molecule has 1 aromatic heterocycles. The van der Waals surface area contributed by atoms with Crippen LogP contribution in [0.1, 0.15) is 31.6 Å². The maximum Gasteiger partial charge on any atom is 0.244 e. The van der Waals surface area contributed by atoms with Gasteiger partial charge in [0.25, 0.3) is 0 Å². The van der Waals surface area contributed by atoms with Crippen molar-refractivity contribution in [3.8, 4) is 0 Å². The van der Waals surface area contributed by atoms with Crippen LogP contribution in [0.25, 0.3) is 6.08 Å². The van der Waals surface area contributed by atoms with Crippen LogP contribution in [-0.2, 0) is 4.79 Å². The summed E-state index contributed by atoms with van der Waals surface area (Å²) in [5, 5.41) is 12.6. The molecule has 1 heterocycles. The van der Waals surface area contributed by atoms with E-state index >= 15 is 0 Å². The van der Waals surface area contributed by atoms with Crippen molar-refractivity contribution >= 4 is 34.9 Å². The van der Waals surface area contributed by atoms with Crippen LogP contribution in [0.4, 0.5) is 0 Å². The van der Waals surface area contributed by atoms with E-state index in [0.717, 1.165) is 17.7 Å². The van der Waals surface area contributed by atoms with Gasteiger partial charge >= 0.3 is 0 Å². The highest BCUT2D eigenvalue weighted by molar-refractivity contribution is 7.17. The number of carbonyl (C=O) groups excluding carboxylic acids is 1. The monoisotopic (exact) mass is 301 g/mol. The van der Waals surface area contributed by atoms with Gasteiger partial charge in [-0.05, 0) is 24.1 Å². The molecule has 0 spiro atoms. The summed E-state index contributed by atoms with van der Waals surface area (Å²) in [6.45, 7) is 4.38. The van der Waals surface area contributed by atoms with E-state index < -0.39 is 6.10 Å². The maximum absolute atomic E-state index is 11.6. The average molecular weight is 302 g/mol. The van der Waals surface area contributed by atoms with Gasteiger partial charge in [0.05, 0.1) is 10.4 Å². The van der Waals surface area contributed by atoms with Gasteiger partial charge in [0, 0.05) is 17.5 Å². The fourth-order valence-electron chi connectivity index (χ4n) is 1.84. The summed E-state index contributed by atoms with van der Waals surface area (Å²) in [5.41, 5.74) is 0. The van der Waals surface area contributed by atoms with Gasteiger partial charge in [0.1, 0.15) is 0 Å². The Hall–Kier alpha value is -0.840. The van der Waals surface area contributed by atoms with Crippen molar-refractivity contribution < 1.29 is 9.90 Å². The van der Waals surface area contributed by atoms with Crippen molar-refractivity contribution in [1.82, 2.24) is 5.32 Å². The van der Waals surface area contributed by atoms with E-state index in [1.165, 1.54) is 17.4 Å². The van der Waals surface area contributed by atoms with Crippen LogP contribution in [-0.4, -0.2) is 23.7 Å². The Morgan fingerprint density at radius 2 is 2.16 bits per heavy atom. The minimum absolute atomic E-state index is 0.200. The predicted octanol–water partition coefficient (Wildman–Crippen LogP) is 3.33. The summed E-state index contributed by atoms with van der Waals surface area (Å²) in [6, 6.07) is 3.65. The molecule has 1 atom stereocenters. The zero-order valence-electron chi connectivity index (χ0n) is 11.2. The summed E-state index contributed by atoms with van der Waals surface area (Å²) in [6.07, 6.45) is 4.52. The van der Waals surface area contributed by atoms with Gasteiger partial charge in [-0.2, -0.15) is 0 Å². The van der Waals surface area contributed by atoms with E-state index in [-0.39, 0.29) is 11.8 Å². The summed E-state index contributed by atoms with van der Waals surface area (Å²) < 4.78 is 0.698. The SMILES string of the molecule is CCC(CC)C(O)CNC(=O)/C=C/c1ccc(Cl)s1. The first-order valence-corrected chi connectivity index (χ1v) is 7.65. The minimum Gasteiger partial charge on any atom is -0.391 e. The van der Waals surface area contributed by atoms with E-state index in [1.807, 2.05) is 19.9 Å². The van der Waals surface area contributed by atoms with Gasteiger partial charge in [-0.3, -0.25) is 4.79 Å². The van der Waals surface area contributed by atoms with Gasteiger partial charge in [0.15, 0.2) is 0 Å². The number of hydrogen-bond donors (Lipinski definition) is 2. The van der Waals surface area contributed by atoms with E-state index in [4.69, 9.17) is 11.6 Å². The highest BCUT2D eigenvalue weighted by Gasteiger charge is 2.15. The molecule has 3 nitrogen and oxygen atoms in total. The zero-order valence-corrected chi connectivity index (χ0v) is 12.8. The third-order valence-corrected chi connectivity index (χ3v) is 4.27. The highest BCUT2D eigenvalue weighted by atomic mass is 35.5. The molecule has 0 aliphatic carbocycles. The number of rotatable bonds is 7. The molecule has 0 saturated heterocycles. The molecule has 106 valence electrons. The Bertz CT molecular complexity index is 427. The number of nitrogens with one attached hydrogen (secondary N) is 1. The number of aliphatic hydroxyl groups excluding tert-OH is 1. The molecule has 0 aliphatic rings. The smallest absolute Gasteiger partial charge is 0.244 e. The Morgan fingerprint density at radius 3 is 2.68 bits per heavy atom. The van der Waals surface area contributed by atoms with Gasteiger partial charge in [-0.15, -0.1) is 11.3 Å². The van der Waals surface area contributed by atoms with Crippen LogP contribution in [0.15, 0.2) is 18.2 Å². The lowest BCUT2D eigenvalue weighted by molar-refractivity contribution is -0.117. The largest absolute Gasteiger partial charge is 0.391 e. The maximum atomic E-state index is 11.6. The second kappa shape index (κ2) is 8.35. The van der Waals surface area contributed by atoms with Crippen LogP contribution in [0.3, 0.4) is 0 Å². The van der Waals surface area contributed by atoms with Crippen molar-refractivity contribution in [2.45, 2.75) is 32.8 Å². The average Bonchev–Trinajstić information content (AvgIpc) is 2.81. The lowest BCUT2D eigenvalue weighted by Crippen LogP contribution is -2.35. The second-order valence-electron chi connectivity index (χ2n) is 4.36. The summed E-state index contributed by atoms with van der Waals surface area (Å²) >= 11 is 7.21. The molecule has 19 heavy (non-hydrogen) atoms. The van der Waals surface area contributed by atoms with Crippen molar-refractivity contribution in [3.63, 3.8) is 0 Å². The highest BCUT2D eigenvalue weighted by Crippen LogP contribution is 2.22. The molecule has 0 aromatic carbocycles. The molecule has 0 saturated carbocycles. The van der Waals surface area contributed by atoms with Gasteiger partial charge in [-0.1, -0.05) is 38.3 Å². The van der Waals surface area contributed by atoms with Crippen LogP contribution in [0.5, 0.6) is 0 Å². The number of thiophene rings is 1. The molecule has 0 fully saturated rings. The Morgan fingerprint density at radius 1 is 1.47 bits per heavy atom. The Labute approximate surface area is 123 Å².